The Morgan fingerprint density at radius 1 is 1.32 bits per heavy atom. The summed E-state index contributed by atoms with van der Waals surface area (Å²) in [5.41, 5.74) is 1.44. The van der Waals surface area contributed by atoms with Gasteiger partial charge in [-0.3, -0.25) is 0 Å². The highest BCUT2D eigenvalue weighted by Crippen LogP contribution is 2.37. The number of thiophene rings is 1. The van der Waals surface area contributed by atoms with Crippen molar-refractivity contribution in [2.75, 3.05) is 11.9 Å². The Balaban J connectivity index is 2.04. The molecule has 0 saturated heterocycles. The van der Waals surface area contributed by atoms with Crippen LogP contribution in [0.5, 0.6) is 0 Å². The molecule has 4 nitrogen and oxygen atoms in total. The summed E-state index contributed by atoms with van der Waals surface area (Å²) in [5, 5.41) is 13.9. The number of aliphatic hydroxyl groups is 1. The molecule has 2 aromatic heterocycles. The van der Waals surface area contributed by atoms with Gasteiger partial charge >= 0.3 is 0 Å². The zero-order valence-corrected chi connectivity index (χ0v) is 12.0. The van der Waals surface area contributed by atoms with E-state index in [2.05, 4.69) is 15.3 Å². The lowest BCUT2D eigenvalue weighted by Crippen LogP contribution is -2.16. The normalized spacial score (nSPS) is 16.9. The van der Waals surface area contributed by atoms with Gasteiger partial charge in [0.15, 0.2) is 0 Å². The topological polar surface area (TPSA) is 58.0 Å². The van der Waals surface area contributed by atoms with E-state index in [0.29, 0.717) is 6.54 Å². The van der Waals surface area contributed by atoms with Gasteiger partial charge in [0.2, 0.25) is 0 Å². The van der Waals surface area contributed by atoms with Crippen LogP contribution in [0.2, 0.25) is 0 Å². The van der Waals surface area contributed by atoms with E-state index < -0.39 is 0 Å². The van der Waals surface area contributed by atoms with Gasteiger partial charge in [-0.25, -0.2) is 9.97 Å². The molecule has 0 amide bonds. The van der Waals surface area contributed by atoms with Crippen molar-refractivity contribution in [2.24, 2.45) is 0 Å². The quantitative estimate of drug-likeness (QED) is 0.847. The van der Waals surface area contributed by atoms with Crippen molar-refractivity contribution in [2.45, 2.75) is 45.1 Å². The smallest absolute Gasteiger partial charge is 0.138 e. The fourth-order valence-electron chi connectivity index (χ4n) is 2.65. The summed E-state index contributed by atoms with van der Waals surface area (Å²) in [6, 6.07) is 0. The molecule has 5 heteroatoms. The SMILES string of the molecule is C[C@H](O)CNc1ncnc2sc3c(c12)CCCCC3. The standard InChI is InChI=1S/C14H19N3OS/c1-9(18)7-15-13-12-10-5-3-2-4-6-11(10)19-14(12)17-8-16-13/h8-9,18H,2-7H2,1H3,(H,15,16,17)/t9-/m0/s1. The van der Waals surface area contributed by atoms with Gasteiger partial charge in [-0.15, -0.1) is 11.3 Å². The lowest BCUT2D eigenvalue weighted by molar-refractivity contribution is 0.208. The number of fused-ring (bicyclic) bond motifs is 3. The molecule has 1 aliphatic rings. The maximum absolute atomic E-state index is 9.42. The predicted molar refractivity (Wildman–Crippen MR) is 78.8 cm³/mol. The molecule has 2 aromatic rings. The van der Waals surface area contributed by atoms with Crippen molar-refractivity contribution >= 4 is 27.4 Å². The molecule has 0 aliphatic heterocycles. The Hall–Kier alpha value is -1.20. The average Bonchev–Trinajstić information content (AvgIpc) is 2.59. The largest absolute Gasteiger partial charge is 0.392 e. The Kier molecular flexibility index (Phi) is 3.66. The summed E-state index contributed by atoms with van der Waals surface area (Å²) < 4.78 is 0. The molecule has 0 radical (unpaired) electrons. The third-order valence-corrected chi connectivity index (χ3v) is 4.77. The first-order valence-corrected chi connectivity index (χ1v) is 7.74. The molecule has 0 unspecified atom stereocenters. The van der Waals surface area contributed by atoms with Gasteiger partial charge in [0, 0.05) is 11.4 Å². The lowest BCUT2D eigenvalue weighted by atomic mass is 10.1. The van der Waals surface area contributed by atoms with E-state index in [4.69, 9.17) is 0 Å². The first-order chi connectivity index (χ1) is 9.25. The fraction of sp³-hybridized carbons (Fsp3) is 0.571. The van der Waals surface area contributed by atoms with E-state index in [0.717, 1.165) is 17.1 Å². The highest BCUT2D eigenvalue weighted by Gasteiger charge is 2.18. The van der Waals surface area contributed by atoms with Crippen LogP contribution in [0, 0.1) is 0 Å². The van der Waals surface area contributed by atoms with Crippen LogP contribution in [0.4, 0.5) is 5.82 Å². The van der Waals surface area contributed by atoms with E-state index in [1.807, 2.05) is 11.3 Å². The van der Waals surface area contributed by atoms with Gasteiger partial charge in [0.05, 0.1) is 11.5 Å². The number of aliphatic hydroxyl groups excluding tert-OH is 1. The third kappa shape index (κ3) is 2.58. The van der Waals surface area contributed by atoms with Gasteiger partial charge in [-0.2, -0.15) is 0 Å². The molecule has 1 aliphatic carbocycles. The second-order valence-electron chi connectivity index (χ2n) is 5.20. The van der Waals surface area contributed by atoms with E-state index in [1.165, 1.54) is 41.5 Å². The van der Waals surface area contributed by atoms with Crippen molar-refractivity contribution in [3.05, 3.63) is 16.8 Å². The molecule has 0 spiro atoms. The summed E-state index contributed by atoms with van der Waals surface area (Å²) in [7, 11) is 0. The van der Waals surface area contributed by atoms with Gasteiger partial charge in [-0.1, -0.05) is 6.42 Å². The third-order valence-electron chi connectivity index (χ3n) is 3.57. The lowest BCUT2D eigenvalue weighted by Gasteiger charge is -2.09. The molecule has 2 N–H and O–H groups in total. The van der Waals surface area contributed by atoms with Crippen LogP contribution in [0.3, 0.4) is 0 Å². The van der Waals surface area contributed by atoms with E-state index in [9.17, 15) is 5.11 Å². The number of nitrogens with zero attached hydrogens (tertiary/aromatic N) is 2. The number of rotatable bonds is 3. The number of anilines is 1. The Bertz CT molecular complexity index is 579. The maximum Gasteiger partial charge on any atom is 0.138 e. The summed E-state index contributed by atoms with van der Waals surface area (Å²) in [6.07, 6.45) is 7.39. The van der Waals surface area contributed by atoms with E-state index in [-0.39, 0.29) is 6.10 Å². The minimum atomic E-state index is -0.373. The first kappa shape index (κ1) is 12.8. The number of aryl methyl sites for hydroxylation is 2. The average molecular weight is 277 g/mol. The molecular formula is C14H19N3OS. The van der Waals surface area contributed by atoms with Crippen molar-refractivity contribution < 1.29 is 5.11 Å². The van der Waals surface area contributed by atoms with Crippen molar-refractivity contribution in [3.8, 4) is 0 Å². The Morgan fingerprint density at radius 2 is 2.16 bits per heavy atom. The van der Waals surface area contributed by atoms with Crippen molar-refractivity contribution in [3.63, 3.8) is 0 Å². The first-order valence-electron chi connectivity index (χ1n) is 6.93. The highest BCUT2D eigenvalue weighted by atomic mass is 32.1. The van der Waals surface area contributed by atoms with Gasteiger partial charge in [0.25, 0.3) is 0 Å². The van der Waals surface area contributed by atoms with Crippen LogP contribution < -0.4 is 5.32 Å². The molecule has 3 rings (SSSR count). The summed E-state index contributed by atoms with van der Waals surface area (Å²) in [4.78, 5) is 11.3. The minimum absolute atomic E-state index is 0.373. The zero-order chi connectivity index (χ0) is 13.2. The van der Waals surface area contributed by atoms with Gasteiger partial charge in [0.1, 0.15) is 17.0 Å². The van der Waals surface area contributed by atoms with Crippen LogP contribution in [0.1, 0.15) is 36.6 Å². The maximum atomic E-state index is 9.42. The summed E-state index contributed by atoms with van der Waals surface area (Å²) in [6.45, 7) is 2.30. The molecule has 102 valence electrons. The number of aromatic nitrogens is 2. The summed E-state index contributed by atoms with van der Waals surface area (Å²) >= 11 is 1.81. The zero-order valence-electron chi connectivity index (χ0n) is 11.1. The second-order valence-corrected chi connectivity index (χ2v) is 6.28. The van der Waals surface area contributed by atoms with Crippen LogP contribution >= 0.6 is 11.3 Å². The van der Waals surface area contributed by atoms with Crippen LogP contribution in [-0.2, 0) is 12.8 Å². The molecule has 19 heavy (non-hydrogen) atoms. The van der Waals surface area contributed by atoms with Crippen molar-refractivity contribution in [1.82, 2.24) is 9.97 Å². The van der Waals surface area contributed by atoms with E-state index in [1.54, 1.807) is 13.3 Å². The summed E-state index contributed by atoms with van der Waals surface area (Å²) in [5.74, 6) is 0.880. The molecule has 0 aromatic carbocycles. The van der Waals surface area contributed by atoms with Crippen molar-refractivity contribution in [1.29, 1.82) is 0 Å². The number of hydrogen-bond acceptors (Lipinski definition) is 5. The predicted octanol–water partition coefficient (Wildman–Crippen LogP) is 2.75. The minimum Gasteiger partial charge on any atom is -0.392 e. The van der Waals surface area contributed by atoms with Crippen LogP contribution in [-0.4, -0.2) is 27.7 Å². The van der Waals surface area contributed by atoms with Crippen LogP contribution in [0.15, 0.2) is 6.33 Å². The molecular weight excluding hydrogens is 258 g/mol. The Morgan fingerprint density at radius 3 is 3.00 bits per heavy atom. The van der Waals surface area contributed by atoms with Crippen LogP contribution in [0.25, 0.3) is 10.2 Å². The molecule has 0 fully saturated rings. The molecule has 2 heterocycles. The molecule has 0 saturated carbocycles. The molecule has 1 atom stereocenters. The number of hydrogen-bond donors (Lipinski definition) is 2. The fourth-order valence-corrected chi connectivity index (χ4v) is 3.87. The highest BCUT2D eigenvalue weighted by molar-refractivity contribution is 7.18. The second kappa shape index (κ2) is 5.43. The number of nitrogens with one attached hydrogen (secondary N) is 1. The Labute approximate surface area is 116 Å². The molecule has 0 bridgehead atoms. The van der Waals surface area contributed by atoms with Gasteiger partial charge < -0.3 is 10.4 Å². The van der Waals surface area contributed by atoms with E-state index >= 15 is 0 Å². The monoisotopic (exact) mass is 277 g/mol. The van der Waals surface area contributed by atoms with Gasteiger partial charge in [-0.05, 0) is 38.2 Å².